The molecular weight excluding hydrogens is 423 g/mol. The minimum absolute atomic E-state index is 0.137. The third-order valence-electron chi connectivity index (χ3n) is 6.01. The molecule has 1 heterocycles. The van der Waals surface area contributed by atoms with Gasteiger partial charge in [0.05, 0.1) is 10.6 Å². The second-order valence-corrected chi connectivity index (χ2v) is 8.71. The molecule has 0 aliphatic carbocycles. The van der Waals surface area contributed by atoms with Crippen molar-refractivity contribution in [2.24, 2.45) is 11.8 Å². The van der Waals surface area contributed by atoms with Crippen molar-refractivity contribution in [3.63, 3.8) is 0 Å². The zero-order valence-electron chi connectivity index (χ0n) is 20.2. The third kappa shape index (κ3) is 8.63. The molecule has 5 heteroatoms. The van der Waals surface area contributed by atoms with Crippen molar-refractivity contribution in [3.05, 3.63) is 69.5 Å². The van der Waals surface area contributed by atoms with Gasteiger partial charge in [-0.3, -0.25) is 4.79 Å². The number of nitriles is 1. The molecule has 1 fully saturated rings. The molecule has 0 saturated carbocycles. The van der Waals surface area contributed by atoms with Crippen LogP contribution in [-0.4, -0.2) is 23.9 Å². The first-order chi connectivity index (χ1) is 15.2. The second kappa shape index (κ2) is 13.9. The van der Waals surface area contributed by atoms with E-state index in [9.17, 15) is 9.18 Å². The Morgan fingerprint density at radius 1 is 1.19 bits per heavy atom. The lowest BCUT2D eigenvalue weighted by molar-refractivity contribution is -0.127. The van der Waals surface area contributed by atoms with Gasteiger partial charge in [-0.15, -0.1) is 0 Å². The van der Waals surface area contributed by atoms with E-state index in [1.165, 1.54) is 18.1 Å². The van der Waals surface area contributed by atoms with Crippen LogP contribution in [0.1, 0.15) is 62.8 Å². The van der Waals surface area contributed by atoms with Crippen molar-refractivity contribution in [1.82, 2.24) is 4.90 Å². The third-order valence-corrected chi connectivity index (χ3v) is 6.32. The summed E-state index contributed by atoms with van der Waals surface area (Å²) in [6, 6.07) is 12.3. The van der Waals surface area contributed by atoms with E-state index in [4.69, 9.17) is 16.9 Å². The van der Waals surface area contributed by atoms with Crippen molar-refractivity contribution >= 4 is 17.5 Å². The molecule has 2 aromatic carbocycles. The molecule has 0 N–H and O–H groups in total. The molecule has 1 aliphatic rings. The van der Waals surface area contributed by atoms with E-state index in [0.717, 1.165) is 37.1 Å². The maximum Gasteiger partial charge on any atom is 0.222 e. The van der Waals surface area contributed by atoms with Crippen LogP contribution in [0.15, 0.2) is 36.4 Å². The molecule has 0 bridgehead atoms. The number of carbonyl (C=O) groups is 1. The SMILES string of the molecule is CCC(C)C1CC(=O)N(CC)C1.CCc1cc(F)ccc1C.Cc1ccc(C#N)c(Cl)c1. The Kier molecular flexibility index (Phi) is 12.0. The van der Waals surface area contributed by atoms with Crippen LogP contribution in [0.5, 0.6) is 0 Å². The van der Waals surface area contributed by atoms with Crippen LogP contribution in [0.3, 0.4) is 0 Å². The van der Waals surface area contributed by atoms with Crippen molar-refractivity contribution in [1.29, 1.82) is 5.26 Å². The average molecular weight is 459 g/mol. The Bertz CT molecular complexity index is 913. The standard InChI is InChI=1S/C10H19NO.C9H11F.C8H6ClN/c1-4-8(3)9-6-10(12)11(5-2)7-9;1-3-8-6-9(10)5-4-7(8)2;1-6-2-3-7(5-10)8(9)4-6/h8-9H,4-7H2,1-3H3;4-6H,3H2,1-2H3;2-4H,1H3. The van der Waals surface area contributed by atoms with Gasteiger partial charge in [0.2, 0.25) is 5.91 Å². The van der Waals surface area contributed by atoms with E-state index < -0.39 is 0 Å². The van der Waals surface area contributed by atoms with E-state index in [1.807, 2.05) is 43.9 Å². The van der Waals surface area contributed by atoms with E-state index in [1.54, 1.807) is 18.2 Å². The van der Waals surface area contributed by atoms with E-state index >= 15 is 0 Å². The summed E-state index contributed by atoms with van der Waals surface area (Å²) >= 11 is 5.71. The first-order valence-corrected chi connectivity index (χ1v) is 11.7. The quantitative estimate of drug-likeness (QED) is 0.489. The molecule has 2 atom stereocenters. The van der Waals surface area contributed by atoms with Gasteiger partial charge < -0.3 is 4.90 Å². The number of halogens is 2. The molecule has 1 aliphatic heterocycles. The number of benzene rings is 2. The summed E-state index contributed by atoms with van der Waals surface area (Å²) in [5, 5.41) is 9.00. The van der Waals surface area contributed by atoms with Gasteiger partial charge in [-0.2, -0.15) is 5.26 Å². The summed E-state index contributed by atoms with van der Waals surface area (Å²) in [6.45, 7) is 14.3. The predicted octanol–water partition coefficient (Wildman–Crippen LogP) is 7.12. The molecule has 3 rings (SSSR count). The Balaban J connectivity index is 0.000000241. The lowest BCUT2D eigenvalue weighted by Gasteiger charge is -2.17. The average Bonchev–Trinajstić information content (AvgIpc) is 3.16. The maximum atomic E-state index is 12.5. The summed E-state index contributed by atoms with van der Waals surface area (Å²) in [4.78, 5) is 13.3. The lowest BCUT2D eigenvalue weighted by atomic mass is 9.91. The van der Waals surface area contributed by atoms with Crippen molar-refractivity contribution in [2.45, 2.75) is 60.8 Å². The van der Waals surface area contributed by atoms with Gasteiger partial charge in [0.25, 0.3) is 0 Å². The number of rotatable bonds is 4. The van der Waals surface area contributed by atoms with Gasteiger partial charge in [0, 0.05) is 19.5 Å². The molecule has 174 valence electrons. The number of nitrogens with zero attached hydrogens (tertiary/aromatic N) is 2. The summed E-state index contributed by atoms with van der Waals surface area (Å²) < 4.78 is 12.5. The van der Waals surface area contributed by atoms with Gasteiger partial charge >= 0.3 is 0 Å². The Hall–Kier alpha value is -2.38. The fourth-order valence-electron chi connectivity index (χ4n) is 3.55. The highest BCUT2D eigenvalue weighted by molar-refractivity contribution is 6.31. The molecule has 2 aromatic rings. The predicted molar refractivity (Wildman–Crippen MR) is 131 cm³/mol. The van der Waals surface area contributed by atoms with Crippen LogP contribution in [0.4, 0.5) is 4.39 Å². The van der Waals surface area contributed by atoms with E-state index in [0.29, 0.717) is 28.3 Å². The molecule has 0 spiro atoms. The van der Waals surface area contributed by atoms with Gasteiger partial charge in [-0.25, -0.2) is 4.39 Å². The number of amides is 1. The van der Waals surface area contributed by atoms with Crippen LogP contribution in [0.2, 0.25) is 5.02 Å². The smallest absolute Gasteiger partial charge is 0.222 e. The summed E-state index contributed by atoms with van der Waals surface area (Å²) in [6.07, 6.45) is 2.88. The normalized spacial score (nSPS) is 15.8. The summed E-state index contributed by atoms with van der Waals surface area (Å²) in [5.74, 6) is 1.53. The van der Waals surface area contributed by atoms with Crippen LogP contribution < -0.4 is 0 Å². The van der Waals surface area contributed by atoms with Crippen molar-refractivity contribution < 1.29 is 9.18 Å². The zero-order valence-corrected chi connectivity index (χ0v) is 21.0. The van der Waals surface area contributed by atoms with Crippen LogP contribution >= 0.6 is 11.6 Å². The summed E-state index contributed by atoms with van der Waals surface area (Å²) in [5.41, 5.74) is 3.88. The molecule has 2 unspecified atom stereocenters. The number of aryl methyl sites for hydroxylation is 3. The lowest BCUT2D eigenvalue weighted by Crippen LogP contribution is -2.25. The fraction of sp³-hybridized carbons (Fsp3) is 0.481. The Morgan fingerprint density at radius 2 is 1.88 bits per heavy atom. The molecule has 0 radical (unpaired) electrons. The van der Waals surface area contributed by atoms with Crippen LogP contribution in [-0.2, 0) is 11.2 Å². The van der Waals surface area contributed by atoms with Gasteiger partial charge in [0.1, 0.15) is 11.9 Å². The topological polar surface area (TPSA) is 44.1 Å². The van der Waals surface area contributed by atoms with E-state index in [-0.39, 0.29) is 5.82 Å². The van der Waals surface area contributed by atoms with Crippen molar-refractivity contribution in [2.75, 3.05) is 13.1 Å². The van der Waals surface area contributed by atoms with Gasteiger partial charge in [0.15, 0.2) is 0 Å². The van der Waals surface area contributed by atoms with Crippen LogP contribution in [0, 0.1) is 42.8 Å². The maximum absolute atomic E-state index is 12.5. The minimum atomic E-state index is -0.137. The van der Waals surface area contributed by atoms with Crippen molar-refractivity contribution in [3.8, 4) is 6.07 Å². The second-order valence-electron chi connectivity index (χ2n) is 8.30. The Morgan fingerprint density at radius 3 is 2.34 bits per heavy atom. The molecule has 3 nitrogen and oxygen atoms in total. The molecule has 32 heavy (non-hydrogen) atoms. The number of hydrogen-bond donors (Lipinski definition) is 0. The fourth-order valence-corrected chi connectivity index (χ4v) is 3.83. The first-order valence-electron chi connectivity index (χ1n) is 11.4. The van der Waals surface area contributed by atoms with E-state index in [2.05, 4.69) is 20.8 Å². The highest BCUT2D eigenvalue weighted by atomic mass is 35.5. The molecule has 0 aromatic heterocycles. The van der Waals surface area contributed by atoms with Gasteiger partial charge in [-0.05, 0) is 80.0 Å². The zero-order chi connectivity index (χ0) is 24.3. The summed E-state index contributed by atoms with van der Waals surface area (Å²) in [7, 11) is 0. The largest absolute Gasteiger partial charge is 0.343 e. The molecular formula is C27H36ClFN2O. The molecule has 1 amide bonds. The van der Waals surface area contributed by atoms with Gasteiger partial charge in [-0.1, -0.05) is 50.9 Å². The number of hydrogen-bond acceptors (Lipinski definition) is 2. The number of carbonyl (C=O) groups excluding carboxylic acids is 1. The minimum Gasteiger partial charge on any atom is -0.343 e. The Labute approximate surface area is 198 Å². The monoisotopic (exact) mass is 458 g/mol. The molecule has 1 saturated heterocycles. The van der Waals surface area contributed by atoms with Crippen LogP contribution in [0.25, 0.3) is 0 Å². The highest BCUT2D eigenvalue weighted by Crippen LogP contribution is 2.26. The first kappa shape index (κ1) is 27.7. The number of likely N-dealkylation sites (tertiary alicyclic amines) is 1. The highest BCUT2D eigenvalue weighted by Gasteiger charge is 2.30.